The summed E-state index contributed by atoms with van der Waals surface area (Å²) >= 11 is 2.02. The zero-order valence-electron chi connectivity index (χ0n) is 8.92. The van der Waals surface area contributed by atoms with Gasteiger partial charge in [0.05, 0.1) is 0 Å². The summed E-state index contributed by atoms with van der Waals surface area (Å²) in [5.74, 6) is 7.20. The molecule has 0 amide bonds. The normalized spacial score (nSPS) is 27.8. The quantitative estimate of drug-likeness (QED) is 0.281. The van der Waals surface area contributed by atoms with Gasteiger partial charge < -0.3 is 5.32 Å². The van der Waals surface area contributed by atoms with Gasteiger partial charge in [-0.25, -0.2) is 5.84 Å². The van der Waals surface area contributed by atoms with Crippen LogP contribution >= 0.6 is 11.8 Å². The molecule has 0 spiro atoms. The van der Waals surface area contributed by atoms with Crippen LogP contribution in [-0.4, -0.2) is 30.1 Å². The van der Waals surface area contributed by atoms with Gasteiger partial charge in [0.2, 0.25) is 5.96 Å². The van der Waals surface area contributed by atoms with Crippen molar-refractivity contribution >= 4 is 17.7 Å². The maximum absolute atomic E-state index is 5.33. The number of aliphatic imine (C=N–C) groups is 1. The SMILES string of the molecule is CCSC1CCCC1NC(=NC)NN. The van der Waals surface area contributed by atoms with Crippen LogP contribution in [-0.2, 0) is 0 Å². The molecular weight excluding hydrogens is 196 g/mol. The monoisotopic (exact) mass is 216 g/mol. The van der Waals surface area contributed by atoms with Crippen LogP contribution in [0.3, 0.4) is 0 Å². The lowest BCUT2D eigenvalue weighted by molar-refractivity contribution is 0.626. The Hall–Kier alpha value is -0.420. The largest absolute Gasteiger partial charge is 0.351 e. The molecule has 2 atom stereocenters. The number of hydrazine groups is 1. The third-order valence-electron chi connectivity index (χ3n) is 2.52. The Balaban J connectivity index is 2.42. The molecule has 0 saturated heterocycles. The smallest absolute Gasteiger partial charge is 0.205 e. The average Bonchev–Trinajstić information content (AvgIpc) is 2.62. The Labute approximate surface area is 90.1 Å². The van der Waals surface area contributed by atoms with Crippen molar-refractivity contribution in [2.24, 2.45) is 10.8 Å². The first kappa shape index (κ1) is 11.7. The van der Waals surface area contributed by atoms with Gasteiger partial charge in [-0.05, 0) is 18.6 Å². The van der Waals surface area contributed by atoms with E-state index in [1.807, 2.05) is 11.8 Å². The first-order chi connectivity index (χ1) is 6.81. The summed E-state index contributed by atoms with van der Waals surface area (Å²) in [6, 6.07) is 0.523. The summed E-state index contributed by atoms with van der Waals surface area (Å²) in [5.41, 5.74) is 2.57. The summed E-state index contributed by atoms with van der Waals surface area (Å²) < 4.78 is 0. The van der Waals surface area contributed by atoms with Gasteiger partial charge in [-0.15, -0.1) is 0 Å². The highest BCUT2D eigenvalue weighted by Gasteiger charge is 2.27. The lowest BCUT2D eigenvalue weighted by Gasteiger charge is -2.21. The van der Waals surface area contributed by atoms with E-state index in [1.165, 1.54) is 25.0 Å². The van der Waals surface area contributed by atoms with Crippen molar-refractivity contribution in [3.63, 3.8) is 0 Å². The molecule has 1 saturated carbocycles. The van der Waals surface area contributed by atoms with E-state index in [0.717, 1.165) is 0 Å². The molecule has 5 heteroatoms. The van der Waals surface area contributed by atoms with E-state index < -0.39 is 0 Å². The van der Waals surface area contributed by atoms with Crippen molar-refractivity contribution in [2.45, 2.75) is 37.5 Å². The maximum Gasteiger partial charge on any atom is 0.205 e. The minimum atomic E-state index is 0.523. The minimum Gasteiger partial charge on any atom is -0.351 e. The van der Waals surface area contributed by atoms with Gasteiger partial charge >= 0.3 is 0 Å². The van der Waals surface area contributed by atoms with E-state index >= 15 is 0 Å². The van der Waals surface area contributed by atoms with E-state index in [2.05, 4.69) is 22.7 Å². The van der Waals surface area contributed by atoms with Gasteiger partial charge in [-0.1, -0.05) is 13.3 Å². The first-order valence-electron chi connectivity index (χ1n) is 5.13. The zero-order valence-corrected chi connectivity index (χ0v) is 9.73. The molecular formula is C9H20N4S. The van der Waals surface area contributed by atoms with Crippen molar-refractivity contribution < 1.29 is 0 Å². The molecule has 1 fully saturated rings. The topological polar surface area (TPSA) is 62.4 Å². The third-order valence-corrected chi connectivity index (χ3v) is 3.84. The van der Waals surface area contributed by atoms with Crippen molar-refractivity contribution in [3.05, 3.63) is 0 Å². The van der Waals surface area contributed by atoms with Crippen molar-refractivity contribution in [1.29, 1.82) is 0 Å². The van der Waals surface area contributed by atoms with E-state index in [0.29, 0.717) is 17.3 Å². The Morgan fingerprint density at radius 1 is 1.57 bits per heavy atom. The molecule has 0 aromatic rings. The molecule has 4 N–H and O–H groups in total. The zero-order chi connectivity index (χ0) is 10.4. The number of guanidine groups is 1. The van der Waals surface area contributed by atoms with Crippen LogP contribution in [0.2, 0.25) is 0 Å². The number of nitrogens with zero attached hydrogens (tertiary/aromatic N) is 1. The molecule has 0 aromatic carbocycles. The molecule has 1 aliphatic rings. The van der Waals surface area contributed by atoms with Crippen LogP contribution in [0.5, 0.6) is 0 Å². The molecule has 0 aromatic heterocycles. The summed E-state index contributed by atoms with van der Waals surface area (Å²) in [7, 11) is 1.74. The van der Waals surface area contributed by atoms with Gasteiger partial charge in [-0.2, -0.15) is 11.8 Å². The minimum absolute atomic E-state index is 0.523. The molecule has 14 heavy (non-hydrogen) atoms. The molecule has 0 bridgehead atoms. The maximum atomic E-state index is 5.33. The van der Waals surface area contributed by atoms with Crippen molar-refractivity contribution in [3.8, 4) is 0 Å². The van der Waals surface area contributed by atoms with Crippen LogP contribution < -0.4 is 16.6 Å². The van der Waals surface area contributed by atoms with E-state index in [1.54, 1.807) is 7.05 Å². The molecule has 2 unspecified atom stereocenters. The molecule has 0 heterocycles. The fourth-order valence-electron chi connectivity index (χ4n) is 1.85. The Morgan fingerprint density at radius 2 is 2.36 bits per heavy atom. The molecule has 0 radical (unpaired) electrons. The van der Waals surface area contributed by atoms with Crippen LogP contribution in [0.25, 0.3) is 0 Å². The van der Waals surface area contributed by atoms with E-state index in [9.17, 15) is 0 Å². The van der Waals surface area contributed by atoms with Crippen molar-refractivity contribution in [2.75, 3.05) is 12.8 Å². The molecule has 1 aliphatic carbocycles. The fraction of sp³-hybridized carbons (Fsp3) is 0.889. The Morgan fingerprint density at radius 3 is 2.93 bits per heavy atom. The highest BCUT2D eigenvalue weighted by atomic mass is 32.2. The van der Waals surface area contributed by atoms with Gasteiger partial charge in [0.15, 0.2) is 0 Å². The molecule has 1 rings (SSSR count). The number of rotatable bonds is 3. The van der Waals surface area contributed by atoms with Crippen LogP contribution in [0.15, 0.2) is 4.99 Å². The van der Waals surface area contributed by atoms with Gasteiger partial charge in [0.25, 0.3) is 0 Å². The summed E-state index contributed by atoms with van der Waals surface area (Å²) in [6.07, 6.45) is 3.83. The summed E-state index contributed by atoms with van der Waals surface area (Å²) in [4.78, 5) is 4.02. The van der Waals surface area contributed by atoms with Crippen LogP contribution in [0.4, 0.5) is 0 Å². The number of hydrogen-bond acceptors (Lipinski definition) is 3. The average molecular weight is 216 g/mol. The second kappa shape index (κ2) is 6.14. The Kier molecular flexibility index (Phi) is 5.11. The van der Waals surface area contributed by atoms with Gasteiger partial charge in [-0.3, -0.25) is 10.4 Å². The number of hydrogen-bond donors (Lipinski definition) is 3. The highest BCUT2D eigenvalue weighted by Crippen LogP contribution is 2.29. The standard InChI is InChI=1S/C9H20N4S/c1-3-14-8-6-4-5-7(8)12-9(11-2)13-10/h7-8H,3-6,10H2,1-2H3,(H2,11,12,13). The van der Waals surface area contributed by atoms with E-state index in [-0.39, 0.29) is 0 Å². The second-order valence-electron chi connectivity index (χ2n) is 3.39. The van der Waals surface area contributed by atoms with Crippen LogP contribution in [0, 0.1) is 0 Å². The van der Waals surface area contributed by atoms with Crippen LogP contribution in [0.1, 0.15) is 26.2 Å². The van der Waals surface area contributed by atoms with E-state index in [4.69, 9.17) is 5.84 Å². The number of nitrogens with two attached hydrogens (primary N) is 1. The predicted octanol–water partition coefficient (Wildman–Crippen LogP) is 0.699. The lowest BCUT2D eigenvalue weighted by Crippen LogP contribution is -2.48. The highest BCUT2D eigenvalue weighted by molar-refractivity contribution is 7.99. The number of nitrogens with one attached hydrogen (secondary N) is 2. The fourth-order valence-corrected chi connectivity index (χ4v) is 3.05. The Bertz CT molecular complexity index is 195. The van der Waals surface area contributed by atoms with Gasteiger partial charge in [0, 0.05) is 18.3 Å². The third kappa shape index (κ3) is 3.06. The summed E-state index contributed by atoms with van der Waals surface area (Å²) in [6.45, 7) is 2.20. The molecule has 82 valence electrons. The summed E-state index contributed by atoms with van der Waals surface area (Å²) in [5, 5.41) is 4.06. The molecule has 0 aliphatic heterocycles. The molecule has 4 nitrogen and oxygen atoms in total. The predicted molar refractivity (Wildman–Crippen MR) is 63.4 cm³/mol. The van der Waals surface area contributed by atoms with Crippen molar-refractivity contribution in [1.82, 2.24) is 10.7 Å². The first-order valence-corrected chi connectivity index (χ1v) is 6.18. The second-order valence-corrected chi connectivity index (χ2v) is 4.91. The lowest BCUT2D eigenvalue weighted by atomic mass is 10.2. The number of thioether (sulfide) groups is 1. The van der Waals surface area contributed by atoms with Gasteiger partial charge in [0.1, 0.15) is 0 Å².